The van der Waals surface area contributed by atoms with Crippen LogP contribution in [0.5, 0.6) is 0 Å². The third-order valence-corrected chi connectivity index (χ3v) is 4.35. The molecule has 20 heavy (non-hydrogen) atoms. The summed E-state index contributed by atoms with van der Waals surface area (Å²) in [6.45, 7) is -0.470. The van der Waals surface area contributed by atoms with Crippen molar-refractivity contribution in [3.8, 4) is 0 Å². The van der Waals surface area contributed by atoms with Crippen molar-refractivity contribution in [3.05, 3.63) is 66.5 Å². The molecule has 0 spiro atoms. The number of benzene rings is 2. The highest BCUT2D eigenvalue weighted by Gasteiger charge is 1.98. The van der Waals surface area contributed by atoms with E-state index in [0.717, 1.165) is 14.5 Å². The topological polar surface area (TPSA) is 20.2 Å². The van der Waals surface area contributed by atoms with Crippen LogP contribution in [0.15, 0.2) is 45.3 Å². The van der Waals surface area contributed by atoms with E-state index in [2.05, 4.69) is 31.9 Å². The summed E-state index contributed by atoms with van der Waals surface area (Å²) in [5, 5.41) is 9.97. The van der Waals surface area contributed by atoms with Gasteiger partial charge in [0.15, 0.2) is 0 Å². The smallest absolute Gasteiger partial charge is 0.116 e. The first-order chi connectivity index (χ1) is 9.47. The molecule has 0 aliphatic heterocycles. The molecule has 2 rings (SSSR count). The van der Waals surface area contributed by atoms with Gasteiger partial charge in [-0.05, 0) is 47.5 Å². The fraction of sp³-hybridized carbons (Fsp3) is 0.143. The quantitative estimate of drug-likeness (QED) is 0.587. The first-order valence-corrected chi connectivity index (χ1v) is 7.86. The lowest BCUT2D eigenvalue weighted by molar-refractivity contribution is 0.281. The SMILES string of the molecule is FCc1cc(Cl)ccc1Br.OCc1cc(Cl)ccc1Br. The van der Waals surface area contributed by atoms with E-state index in [0.29, 0.717) is 15.6 Å². The van der Waals surface area contributed by atoms with Crippen molar-refractivity contribution in [2.75, 3.05) is 0 Å². The van der Waals surface area contributed by atoms with Crippen LogP contribution in [-0.4, -0.2) is 5.11 Å². The lowest BCUT2D eigenvalue weighted by atomic mass is 10.2. The molecule has 0 aliphatic carbocycles. The van der Waals surface area contributed by atoms with Crippen LogP contribution in [0.25, 0.3) is 0 Å². The summed E-state index contributed by atoms with van der Waals surface area (Å²) in [7, 11) is 0. The zero-order valence-corrected chi connectivity index (χ0v) is 14.9. The maximum Gasteiger partial charge on any atom is 0.116 e. The van der Waals surface area contributed by atoms with Crippen molar-refractivity contribution in [1.29, 1.82) is 0 Å². The van der Waals surface area contributed by atoms with Crippen LogP contribution in [0.4, 0.5) is 4.39 Å². The summed E-state index contributed by atoms with van der Waals surface area (Å²) in [6.07, 6.45) is 0. The zero-order valence-electron chi connectivity index (χ0n) is 10.2. The second kappa shape index (κ2) is 9.00. The molecule has 0 fully saturated rings. The third-order valence-electron chi connectivity index (χ3n) is 2.33. The number of halogens is 5. The predicted octanol–water partition coefficient (Wildman–Crippen LogP) is 6.17. The van der Waals surface area contributed by atoms with Crippen molar-refractivity contribution in [2.24, 2.45) is 0 Å². The molecule has 0 saturated heterocycles. The van der Waals surface area contributed by atoms with Crippen molar-refractivity contribution < 1.29 is 9.50 Å². The Bertz CT molecular complexity index is 528. The van der Waals surface area contributed by atoms with E-state index in [1.54, 1.807) is 30.3 Å². The van der Waals surface area contributed by atoms with Gasteiger partial charge in [0, 0.05) is 19.0 Å². The van der Waals surface area contributed by atoms with Gasteiger partial charge >= 0.3 is 0 Å². The van der Waals surface area contributed by atoms with Gasteiger partial charge in [0.1, 0.15) is 6.67 Å². The van der Waals surface area contributed by atoms with Gasteiger partial charge in [0.05, 0.1) is 6.61 Å². The summed E-state index contributed by atoms with van der Waals surface area (Å²) in [5.41, 5.74) is 1.40. The second-order valence-electron chi connectivity index (χ2n) is 3.76. The Balaban J connectivity index is 0.000000200. The highest BCUT2D eigenvalue weighted by Crippen LogP contribution is 2.22. The highest BCUT2D eigenvalue weighted by molar-refractivity contribution is 9.10. The van der Waals surface area contributed by atoms with E-state index < -0.39 is 6.67 Å². The van der Waals surface area contributed by atoms with Crippen molar-refractivity contribution in [3.63, 3.8) is 0 Å². The molecule has 0 heterocycles. The van der Waals surface area contributed by atoms with E-state index in [9.17, 15) is 4.39 Å². The van der Waals surface area contributed by atoms with Crippen molar-refractivity contribution in [2.45, 2.75) is 13.3 Å². The maximum absolute atomic E-state index is 12.1. The molecular formula is C14H11Br2Cl2FO. The van der Waals surface area contributed by atoms with Gasteiger partial charge in [-0.15, -0.1) is 0 Å². The average molecular weight is 445 g/mol. The molecule has 0 bridgehead atoms. The summed E-state index contributed by atoms with van der Waals surface area (Å²) in [5.74, 6) is 0. The van der Waals surface area contributed by atoms with E-state index in [-0.39, 0.29) is 6.61 Å². The lowest BCUT2D eigenvalue weighted by Gasteiger charge is -1.98. The number of hydrogen-bond acceptors (Lipinski definition) is 1. The molecule has 0 unspecified atom stereocenters. The third kappa shape index (κ3) is 5.70. The predicted molar refractivity (Wildman–Crippen MR) is 89.0 cm³/mol. The number of aliphatic hydroxyl groups is 1. The van der Waals surface area contributed by atoms with Crippen molar-refractivity contribution >= 4 is 55.1 Å². The molecule has 0 saturated carbocycles. The Labute approximate surface area is 144 Å². The number of rotatable bonds is 2. The number of hydrogen-bond donors (Lipinski definition) is 1. The van der Waals surface area contributed by atoms with E-state index in [1.165, 1.54) is 0 Å². The molecule has 1 N–H and O–H groups in total. The number of alkyl halides is 1. The largest absolute Gasteiger partial charge is 0.392 e. The fourth-order valence-electron chi connectivity index (χ4n) is 1.31. The van der Waals surface area contributed by atoms with E-state index in [4.69, 9.17) is 28.3 Å². The van der Waals surface area contributed by atoms with Crippen molar-refractivity contribution in [1.82, 2.24) is 0 Å². The molecule has 0 radical (unpaired) electrons. The van der Waals surface area contributed by atoms with Gasteiger partial charge in [-0.1, -0.05) is 55.1 Å². The highest BCUT2D eigenvalue weighted by atomic mass is 79.9. The fourth-order valence-corrected chi connectivity index (χ4v) is 2.42. The van der Waals surface area contributed by atoms with Crippen LogP contribution in [0, 0.1) is 0 Å². The van der Waals surface area contributed by atoms with Crippen LogP contribution < -0.4 is 0 Å². The molecule has 0 atom stereocenters. The first-order valence-electron chi connectivity index (χ1n) is 5.52. The molecular weight excluding hydrogens is 434 g/mol. The Morgan fingerprint density at radius 2 is 1.35 bits per heavy atom. The van der Waals surface area contributed by atoms with Gasteiger partial charge in [-0.2, -0.15) is 0 Å². The second-order valence-corrected chi connectivity index (χ2v) is 6.34. The van der Waals surface area contributed by atoms with Gasteiger partial charge in [0.25, 0.3) is 0 Å². The summed E-state index contributed by atoms with van der Waals surface area (Å²) >= 11 is 17.7. The summed E-state index contributed by atoms with van der Waals surface area (Å²) in [6, 6.07) is 10.4. The Morgan fingerprint density at radius 1 is 0.900 bits per heavy atom. The Hall–Kier alpha value is -0.130. The van der Waals surface area contributed by atoms with Gasteiger partial charge in [0.2, 0.25) is 0 Å². The molecule has 6 heteroatoms. The van der Waals surface area contributed by atoms with Gasteiger partial charge < -0.3 is 5.11 Å². The normalized spacial score (nSPS) is 9.90. The molecule has 0 amide bonds. The molecule has 0 aliphatic rings. The Kier molecular flexibility index (Phi) is 8.07. The van der Waals surface area contributed by atoms with Crippen LogP contribution in [0.1, 0.15) is 11.1 Å². The Morgan fingerprint density at radius 3 is 1.70 bits per heavy atom. The van der Waals surface area contributed by atoms with Gasteiger partial charge in [-0.3, -0.25) is 0 Å². The lowest BCUT2D eigenvalue weighted by Crippen LogP contribution is -1.83. The molecule has 108 valence electrons. The minimum atomic E-state index is -0.485. The van der Waals surface area contributed by atoms with Gasteiger partial charge in [-0.25, -0.2) is 4.39 Å². The number of aliphatic hydroxyl groups excluding tert-OH is 1. The molecule has 1 nitrogen and oxygen atoms in total. The standard InChI is InChI=1S/C7H5BrClF.C7H6BrClO/c2*8-7-2-1-6(9)3-5(7)4-10/h1-3H,4H2;1-3,10H,4H2. The summed E-state index contributed by atoms with van der Waals surface area (Å²) in [4.78, 5) is 0. The molecule has 0 aromatic heterocycles. The summed E-state index contributed by atoms with van der Waals surface area (Å²) < 4.78 is 13.7. The first kappa shape index (κ1) is 17.9. The molecule has 2 aromatic carbocycles. The van der Waals surface area contributed by atoms with Crippen LogP contribution in [0.3, 0.4) is 0 Å². The zero-order chi connectivity index (χ0) is 15.1. The van der Waals surface area contributed by atoms with Crippen LogP contribution in [0.2, 0.25) is 10.0 Å². The minimum Gasteiger partial charge on any atom is -0.392 e. The monoisotopic (exact) mass is 442 g/mol. The van der Waals surface area contributed by atoms with E-state index in [1.807, 2.05) is 6.07 Å². The van der Waals surface area contributed by atoms with Crippen LogP contribution in [-0.2, 0) is 13.3 Å². The van der Waals surface area contributed by atoms with E-state index >= 15 is 0 Å². The minimum absolute atomic E-state index is 0.0150. The molecule has 2 aromatic rings. The van der Waals surface area contributed by atoms with Crippen LogP contribution >= 0.6 is 55.1 Å². The average Bonchev–Trinajstić information content (AvgIpc) is 2.44. The maximum atomic E-state index is 12.1.